The van der Waals surface area contributed by atoms with Crippen LogP contribution in [-0.4, -0.2) is 23.3 Å². The Morgan fingerprint density at radius 2 is 2.08 bits per heavy atom. The molecule has 2 heterocycles. The first kappa shape index (κ1) is 16.4. The van der Waals surface area contributed by atoms with Crippen molar-refractivity contribution in [3.8, 4) is 11.3 Å². The van der Waals surface area contributed by atoms with Gasteiger partial charge in [0.25, 0.3) is 5.65 Å². The van der Waals surface area contributed by atoms with Gasteiger partial charge in [0.1, 0.15) is 6.20 Å². The number of nitrogens with two attached hydrogens (primary N) is 1. The lowest BCUT2D eigenvalue weighted by molar-refractivity contribution is -0.510. The summed E-state index contributed by atoms with van der Waals surface area (Å²) in [5, 5.41) is 4.07. The quantitative estimate of drug-likeness (QED) is 0.246. The number of rotatable bonds is 5. The Bertz CT molecular complexity index is 934. The third-order valence-electron chi connectivity index (χ3n) is 3.82. The van der Waals surface area contributed by atoms with Crippen molar-refractivity contribution in [3.63, 3.8) is 0 Å². The van der Waals surface area contributed by atoms with Crippen LogP contribution in [0, 0.1) is 0 Å². The maximum Gasteiger partial charge on any atom is 0.286 e. The molecule has 2 aromatic heterocycles. The average molecular weight is 333 g/mol. The van der Waals surface area contributed by atoms with Crippen molar-refractivity contribution in [1.29, 1.82) is 0 Å². The minimum absolute atomic E-state index is 0.264. The maximum atomic E-state index is 5.65. The van der Waals surface area contributed by atoms with Gasteiger partial charge in [-0.05, 0) is 23.8 Å². The zero-order valence-electron chi connectivity index (χ0n) is 14.1. The first-order chi connectivity index (χ1) is 12.2. The second-order valence-electron chi connectivity index (χ2n) is 5.55. The summed E-state index contributed by atoms with van der Waals surface area (Å²) in [6.45, 7) is 4.05. The Morgan fingerprint density at radius 3 is 2.80 bits per heavy atom. The number of aliphatic imine (C=N–C) groups is 1. The molecular formula is C19H21N6+. The van der Waals surface area contributed by atoms with Gasteiger partial charge < -0.3 is 5.73 Å². The smallest absolute Gasteiger partial charge is 0.286 e. The molecular weight excluding hydrogens is 312 g/mol. The van der Waals surface area contributed by atoms with Gasteiger partial charge in [-0.3, -0.25) is 0 Å². The van der Waals surface area contributed by atoms with Crippen molar-refractivity contribution < 1.29 is 4.40 Å². The van der Waals surface area contributed by atoms with Gasteiger partial charge >= 0.3 is 0 Å². The van der Waals surface area contributed by atoms with Crippen molar-refractivity contribution in [1.82, 2.24) is 9.99 Å². The normalized spacial score (nSPS) is 12.0. The van der Waals surface area contributed by atoms with Gasteiger partial charge in [0, 0.05) is 11.6 Å². The Morgan fingerprint density at radius 1 is 1.28 bits per heavy atom. The van der Waals surface area contributed by atoms with E-state index in [-0.39, 0.29) is 5.96 Å². The van der Waals surface area contributed by atoms with Crippen LogP contribution >= 0.6 is 0 Å². The molecule has 0 aliphatic carbocycles. The summed E-state index contributed by atoms with van der Waals surface area (Å²) in [6.07, 6.45) is 7.54. The summed E-state index contributed by atoms with van der Waals surface area (Å²) in [4.78, 5) is 4.00. The van der Waals surface area contributed by atoms with E-state index in [1.165, 1.54) is 0 Å². The number of hydrogen-bond acceptors (Lipinski definition) is 2. The number of nitrogens with zero attached hydrogens (tertiary/aromatic N) is 4. The SMILES string of the molecule is C=CCN=C(N)N/N=C/c1ccc(-c2c[n+]3ccccc3n2C)cc1. The number of aryl methyl sites for hydroxylation is 1. The highest BCUT2D eigenvalue weighted by Crippen LogP contribution is 2.19. The lowest BCUT2D eigenvalue weighted by atomic mass is 10.1. The maximum absolute atomic E-state index is 5.65. The zero-order valence-corrected chi connectivity index (χ0v) is 14.1. The fourth-order valence-corrected chi connectivity index (χ4v) is 2.56. The molecule has 0 spiro atoms. The number of aromatic nitrogens is 2. The predicted octanol–water partition coefficient (Wildman–Crippen LogP) is 1.85. The molecule has 0 amide bonds. The molecule has 6 nitrogen and oxygen atoms in total. The fourth-order valence-electron chi connectivity index (χ4n) is 2.56. The summed E-state index contributed by atoms with van der Waals surface area (Å²) in [5.74, 6) is 0.264. The van der Waals surface area contributed by atoms with Crippen molar-refractivity contribution >= 4 is 17.8 Å². The topological polar surface area (TPSA) is 71.8 Å². The second-order valence-corrected chi connectivity index (χ2v) is 5.55. The molecule has 0 radical (unpaired) electrons. The molecule has 0 saturated carbocycles. The molecule has 6 heteroatoms. The van der Waals surface area contributed by atoms with Crippen LogP contribution in [0.15, 0.2) is 77.6 Å². The van der Waals surface area contributed by atoms with Crippen LogP contribution < -0.4 is 15.6 Å². The molecule has 0 atom stereocenters. The first-order valence-electron chi connectivity index (χ1n) is 7.95. The number of benzene rings is 1. The van der Waals surface area contributed by atoms with Gasteiger partial charge in [0.2, 0.25) is 5.96 Å². The molecule has 0 saturated heterocycles. The number of hydrogen-bond donors (Lipinski definition) is 2. The Hall–Kier alpha value is -3.41. The zero-order chi connectivity index (χ0) is 17.6. The summed E-state index contributed by atoms with van der Waals surface area (Å²) in [6, 6.07) is 14.3. The van der Waals surface area contributed by atoms with Gasteiger partial charge in [-0.15, -0.1) is 6.58 Å². The number of fused-ring (bicyclic) bond motifs is 1. The van der Waals surface area contributed by atoms with Gasteiger partial charge in [0.15, 0.2) is 5.69 Å². The minimum atomic E-state index is 0.264. The molecule has 3 N–H and O–H groups in total. The van der Waals surface area contributed by atoms with Crippen LogP contribution in [0.25, 0.3) is 16.9 Å². The molecule has 0 aliphatic heterocycles. The van der Waals surface area contributed by atoms with Gasteiger partial charge in [-0.1, -0.05) is 24.3 Å². The molecule has 0 aliphatic rings. The summed E-state index contributed by atoms with van der Waals surface area (Å²) in [7, 11) is 2.06. The molecule has 1 aromatic carbocycles. The van der Waals surface area contributed by atoms with E-state index < -0.39 is 0 Å². The molecule has 0 bridgehead atoms. The van der Waals surface area contributed by atoms with E-state index in [0.29, 0.717) is 6.54 Å². The lowest BCUT2D eigenvalue weighted by Gasteiger charge is -2.00. The van der Waals surface area contributed by atoms with Crippen LogP contribution in [0.2, 0.25) is 0 Å². The Kier molecular flexibility index (Phi) is 4.89. The Balaban J connectivity index is 1.75. The number of hydrazone groups is 1. The lowest BCUT2D eigenvalue weighted by Crippen LogP contribution is -2.27. The highest BCUT2D eigenvalue weighted by Gasteiger charge is 2.14. The van der Waals surface area contributed by atoms with Crippen LogP contribution in [0.1, 0.15) is 5.56 Å². The largest absolute Gasteiger partial charge is 0.369 e. The third kappa shape index (κ3) is 3.74. The van der Waals surface area contributed by atoms with E-state index in [1.807, 2.05) is 30.5 Å². The van der Waals surface area contributed by atoms with Gasteiger partial charge in [-0.2, -0.15) is 5.10 Å². The Labute approximate surface area is 146 Å². The van der Waals surface area contributed by atoms with E-state index in [1.54, 1.807) is 12.3 Å². The summed E-state index contributed by atoms with van der Waals surface area (Å²) < 4.78 is 4.28. The molecule has 0 fully saturated rings. The van der Waals surface area contributed by atoms with Crippen molar-refractivity contribution in [2.45, 2.75) is 0 Å². The molecule has 126 valence electrons. The summed E-state index contributed by atoms with van der Waals surface area (Å²) in [5.41, 5.74) is 12.7. The minimum Gasteiger partial charge on any atom is -0.369 e. The van der Waals surface area contributed by atoms with Crippen molar-refractivity contribution in [2.24, 2.45) is 22.9 Å². The van der Waals surface area contributed by atoms with Gasteiger partial charge in [-0.25, -0.2) is 19.4 Å². The van der Waals surface area contributed by atoms with Crippen LogP contribution in [0.4, 0.5) is 0 Å². The van der Waals surface area contributed by atoms with E-state index in [0.717, 1.165) is 22.5 Å². The van der Waals surface area contributed by atoms with Crippen LogP contribution in [0.5, 0.6) is 0 Å². The first-order valence-corrected chi connectivity index (χ1v) is 7.95. The number of guanidine groups is 1. The fraction of sp³-hybridized carbons (Fsp3) is 0.105. The average Bonchev–Trinajstić information content (AvgIpc) is 2.98. The predicted molar refractivity (Wildman–Crippen MR) is 101 cm³/mol. The second kappa shape index (κ2) is 7.44. The van der Waals surface area contributed by atoms with E-state index in [9.17, 15) is 0 Å². The van der Waals surface area contributed by atoms with Crippen molar-refractivity contribution in [2.75, 3.05) is 6.54 Å². The van der Waals surface area contributed by atoms with E-state index in [2.05, 4.69) is 62.5 Å². The van der Waals surface area contributed by atoms with Crippen molar-refractivity contribution in [3.05, 3.63) is 73.1 Å². The monoisotopic (exact) mass is 333 g/mol. The van der Waals surface area contributed by atoms with E-state index >= 15 is 0 Å². The third-order valence-corrected chi connectivity index (χ3v) is 3.82. The van der Waals surface area contributed by atoms with E-state index in [4.69, 9.17) is 5.73 Å². The number of imidazole rings is 1. The highest BCUT2D eigenvalue weighted by molar-refractivity contribution is 5.83. The molecule has 0 unspecified atom stereocenters. The standard InChI is InChI=1S/C19H21N6/c1-3-11-21-19(20)23-22-13-15-7-9-16(10-8-15)17-14-25-12-5-4-6-18(25)24(17)2/h3-10,12-14H,1,11H2,2H3,(H3,20,21,23)/q+1/b22-13+. The molecule has 3 aromatic rings. The highest BCUT2D eigenvalue weighted by atomic mass is 15.3. The summed E-state index contributed by atoms with van der Waals surface area (Å²) >= 11 is 0. The van der Waals surface area contributed by atoms with Gasteiger partial charge in [0.05, 0.1) is 26.0 Å². The van der Waals surface area contributed by atoms with Crippen LogP contribution in [-0.2, 0) is 7.05 Å². The van der Waals surface area contributed by atoms with Crippen LogP contribution in [0.3, 0.4) is 0 Å². The molecule has 25 heavy (non-hydrogen) atoms. The number of nitrogens with one attached hydrogen (secondary N) is 1. The number of pyridine rings is 1. The molecule has 3 rings (SSSR count).